The molecule has 20 heavy (non-hydrogen) atoms. The number of benzene rings is 2. The second-order valence-electron chi connectivity index (χ2n) is 4.56. The van der Waals surface area contributed by atoms with Crippen LogP contribution < -0.4 is 5.32 Å². The number of phenols is 1. The lowest BCUT2D eigenvalue weighted by atomic mass is 10.0. The summed E-state index contributed by atoms with van der Waals surface area (Å²) < 4.78 is 0. The van der Waals surface area contributed by atoms with Crippen LogP contribution in [-0.4, -0.2) is 5.11 Å². The first-order valence-corrected chi connectivity index (χ1v) is 6.68. The second-order valence-corrected chi connectivity index (χ2v) is 5.00. The minimum absolute atomic E-state index is 0.0146. The number of halogens is 1. The van der Waals surface area contributed by atoms with E-state index in [4.69, 9.17) is 11.6 Å². The lowest BCUT2D eigenvalue weighted by Crippen LogP contribution is -2.23. The monoisotopic (exact) mass is 286 g/mol. The molecule has 2 N–H and O–H groups in total. The number of nitrogens with one attached hydrogen (secondary N) is 1. The van der Waals surface area contributed by atoms with Crippen LogP contribution in [0.25, 0.3) is 0 Å². The summed E-state index contributed by atoms with van der Waals surface area (Å²) in [6.45, 7) is 1.97. The molecule has 2 unspecified atom stereocenters. The van der Waals surface area contributed by atoms with Crippen LogP contribution in [0.4, 0.5) is 0 Å². The number of rotatable bonds is 4. The van der Waals surface area contributed by atoms with Crippen molar-refractivity contribution in [1.29, 1.82) is 5.26 Å². The smallest absolute Gasteiger partial charge is 0.125 e. The molecule has 0 spiro atoms. The highest BCUT2D eigenvalue weighted by Crippen LogP contribution is 2.28. The van der Waals surface area contributed by atoms with Crippen molar-refractivity contribution in [3.63, 3.8) is 0 Å². The van der Waals surface area contributed by atoms with E-state index >= 15 is 0 Å². The van der Waals surface area contributed by atoms with Crippen LogP contribution in [0.1, 0.15) is 30.1 Å². The van der Waals surface area contributed by atoms with Gasteiger partial charge in [-0.25, -0.2) is 0 Å². The Labute approximate surface area is 123 Å². The standard InChI is InChI=1S/C16H15ClN2O/c1-11(12-5-3-2-4-6-12)19-15(10-18)14-9-13(17)7-8-16(14)20/h2-9,11,15,19-20H,1H3. The number of phenolic OH excluding ortho intramolecular Hbond substituents is 1. The van der Waals surface area contributed by atoms with E-state index in [1.165, 1.54) is 6.07 Å². The summed E-state index contributed by atoms with van der Waals surface area (Å²) >= 11 is 5.92. The summed E-state index contributed by atoms with van der Waals surface area (Å²) in [5.41, 5.74) is 1.57. The molecule has 0 heterocycles. The number of nitrogens with zero attached hydrogens (tertiary/aromatic N) is 1. The summed E-state index contributed by atoms with van der Waals surface area (Å²) in [5.74, 6) is 0.0636. The van der Waals surface area contributed by atoms with E-state index in [0.717, 1.165) is 5.56 Å². The molecular formula is C16H15ClN2O. The SMILES string of the molecule is CC(NC(C#N)c1cc(Cl)ccc1O)c1ccccc1. The Kier molecular flexibility index (Phi) is 4.62. The Hall–Kier alpha value is -2.02. The van der Waals surface area contributed by atoms with Crippen molar-refractivity contribution in [3.05, 3.63) is 64.7 Å². The predicted octanol–water partition coefficient (Wildman–Crippen LogP) is 3.96. The average Bonchev–Trinajstić information content (AvgIpc) is 2.48. The fraction of sp³-hybridized carbons (Fsp3) is 0.188. The molecule has 0 amide bonds. The Morgan fingerprint density at radius 3 is 2.55 bits per heavy atom. The first kappa shape index (κ1) is 14.4. The first-order chi connectivity index (χ1) is 9.61. The molecule has 0 radical (unpaired) electrons. The quantitative estimate of drug-likeness (QED) is 0.894. The van der Waals surface area contributed by atoms with Gasteiger partial charge in [0.2, 0.25) is 0 Å². The van der Waals surface area contributed by atoms with Gasteiger partial charge in [0.15, 0.2) is 0 Å². The largest absolute Gasteiger partial charge is 0.508 e. The topological polar surface area (TPSA) is 56.0 Å². The highest BCUT2D eigenvalue weighted by atomic mass is 35.5. The van der Waals surface area contributed by atoms with Gasteiger partial charge in [-0.05, 0) is 30.7 Å². The van der Waals surface area contributed by atoms with Crippen molar-refractivity contribution in [2.75, 3.05) is 0 Å². The van der Waals surface area contributed by atoms with E-state index in [-0.39, 0.29) is 11.8 Å². The zero-order valence-corrected chi connectivity index (χ0v) is 11.8. The maximum atomic E-state index is 9.87. The van der Waals surface area contributed by atoms with Gasteiger partial charge >= 0.3 is 0 Å². The minimum Gasteiger partial charge on any atom is -0.508 e. The third kappa shape index (κ3) is 3.30. The molecule has 0 saturated carbocycles. The Bertz CT molecular complexity index is 622. The highest BCUT2D eigenvalue weighted by Gasteiger charge is 2.18. The summed E-state index contributed by atoms with van der Waals surface area (Å²) in [5, 5.41) is 22.9. The van der Waals surface area contributed by atoms with Gasteiger partial charge in [0, 0.05) is 16.6 Å². The normalized spacial score (nSPS) is 13.4. The molecule has 0 fully saturated rings. The van der Waals surface area contributed by atoms with E-state index in [1.54, 1.807) is 12.1 Å². The van der Waals surface area contributed by atoms with Crippen molar-refractivity contribution in [2.24, 2.45) is 0 Å². The van der Waals surface area contributed by atoms with Crippen LogP contribution >= 0.6 is 11.6 Å². The number of hydrogen-bond donors (Lipinski definition) is 2. The zero-order valence-electron chi connectivity index (χ0n) is 11.0. The van der Waals surface area contributed by atoms with Gasteiger partial charge in [-0.15, -0.1) is 0 Å². The fourth-order valence-corrected chi connectivity index (χ4v) is 2.22. The van der Waals surface area contributed by atoms with Crippen molar-refractivity contribution in [3.8, 4) is 11.8 Å². The van der Waals surface area contributed by atoms with Gasteiger partial charge in [0.1, 0.15) is 11.8 Å². The van der Waals surface area contributed by atoms with Crippen molar-refractivity contribution in [2.45, 2.75) is 19.0 Å². The van der Waals surface area contributed by atoms with Crippen LogP contribution in [0.3, 0.4) is 0 Å². The molecule has 0 aliphatic carbocycles. The molecule has 2 rings (SSSR count). The Balaban J connectivity index is 2.22. The zero-order chi connectivity index (χ0) is 14.5. The number of nitriles is 1. The van der Waals surface area contributed by atoms with Gasteiger partial charge in [-0.2, -0.15) is 5.26 Å². The highest BCUT2D eigenvalue weighted by molar-refractivity contribution is 6.30. The van der Waals surface area contributed by atoms with E-state index in [0.29, 0.717) is 10.6 Å². The predicted molar refractivity (Wildman–Crippen MR) is 79.5 cm³/mol. The third-order valence-electron chi connectivity index (χ3n) is 3.15. The number of aromatic hydroxyl groups is 1. The van der Waals surface area contributed by atoms with Gasteiger partial charge in [0.25, 0.3) is 0 Å². The van der Waals surface area contributed by atoms with Gasteiger partial charge in [-0.1, -0.05) is 41.9 Å². The molecule has 2 aromatic carbocycles. The van der Waals surface area contributed by atoms with E-state index in [2.05, 4.69) is 11.4 Å². The summed E-state index contributed by atoms with van der Waals surface area (Å²) in [4.78, 5) is 0. The van der Waals surface area contributed by atoms with Crippen LogP contribution in [-0.2, 0) is 0 Å². The van der Waals surface area contributed by atoms with Gasteiger partial charge < -0.3 is 5.11 Å². The molecular weight excluding hydrogens is 272 g/mol. The van der Waals surface area contributed by atoms with Gasteiger partial charge in [0.05, 0.1) is 6.07 Å². The summed E-state index contributed by atoms with van der Waals surface area (Å²) in [7, 11) is 0. The van der Waals surface area contributed by atoms with Crippen LogP contribution in [0.5, 0.6) is 5.75 Å². The Morgan fingerprint density at radius 2 is 1.90 bits per heavy atom. The maximum absolute atomic E-state index is 9.87. The third-order valence-corrected chi connectivity index (χ3v) is 3.38. The van der Waals surface area contributed by atoms with Crippen LogP contribution in [0, 0.1) is 11.3 Å². The summed E-state index contributed by atoms with van der Waals surface area (Å²) in [6.07, 6.45) is 0. The van der Waals surface area contributed by atoms with Crippen molar-refractivity contribution >= 4 is 11.6 Å². The lowest BCUT2D eigenvalue weighted by molar-refractivity contribution is 0.451. The molecule has 0 aliphatic rings. The molecule has 2 atom stereocenters. The fourth-order valence-electron chi connectivity index (χ4n) is 2.04. The van der Waals surface area contributed by atoms with Crippen molar-refractivity contribution < 1.29 is 5.11 Å². The summed E-state index contributed by atoms with van der Waals surface area (Å²) in [6, 6.07) is 16.0. The molecule has 0 aliphatic heterocycles. The average molecular weight is 287 g/mol. The van der Waals surface area contributed by atoms with E-state index in [9.17, 15) is 10.4 Å². The van der Waals surface area contributed by atoms with Crippen molar-refractivity contribution in [1.82, 2.24) is 5.32 Å². The van der Waals surface area contributed by atoms with E-state index < -0.39 is 6.04 Å². The minimum atomic E-state index is -0.621. The molecule has 102 valence electrons. The van der Waals surface area contributed by atoms with Crippen LogP contribution in [0.15, 0.2) is 48.5 Å². The lowest BCUT2D eigenvalue weighted by Gasteiger charge is -2.19. The number of hydrogen-bond acceptors (Lipinski definition) is 3. The molecule has 2 aromatic rings. The van der Waals surface area contributed by atoms with E-state index in [1.807, 2.05) is 37.3 Å². The molecule has 0 saturated heterocycles. The molecule has 0 bridgehead atoms. The first-order valence-electron chi connectivity index (χ1n) is 6.31. The van der Waals surface area contributed by atoms with Gasteiger partial charge in [-0.3, -0.25) is 5.32 Å². The Morgan fingerprint density at radius 1 is 1.20 bits per heavy atom. The molecule has 4 heteroatoms. The van der Waals surface area contributed by atoms with Crippen LogP contribution in [0.2, 0.25) is 5.02 Å². The maximum Gasteiger partial charge on any atom is 0.125 e. The second kappa shape index (κ2) is 6.42. The molecule has 0 aromatic heterocycles. The molecule has 3 nitrogen and oxygen atoms in total.